The van der Waals surface area contributed by atoms with Crippen LogP contribution in [0.2, 0.25) is 0 Å². The maximum atomic E-state index is 13.2. The van der Waals surface area contributed by atoms with Crippen LogP contribution < -0.4 is 14.9 Å². The molecule has 2 nitrogen and oxygen atoms in total. The van der Waals surface area contributed by atoms with Crippen LogP contribution in [-0.4, -0.2) is 14.2 Å². The van der Waals surface area contributed by atoms with Crippen molar-refractivity contribution in [1.82, 2.24) is 0 Å². The Morgan fingerprint density at radius 3 is 2.20 bits per heavy atom. The van der Waals surface area contributed by atoms with E-state index in [4.69, 9.17) is 12.6 Å². The Balaban J connectivity index is 2.17. The molecule has 2 radical (unpaired) electrons. The second-order valence-corrected chi connectivity index (χ2v) is 3.81. The fourth-order valence-corrected chi connectivity index (χ4v) is 1.44. The smallest absolute Gasteiger partial charge is 0.457 e. The molecule has 0 amide bonds. The van der Waals surface area contributed by atoms with Crippen LogP contribution in [-0.2, 0) is 0 Å². The Morgan fingerprint density at radius 1 is 0.900 bits per heavy atom. The molecule has 2 aromatic carbocycles. The first-order valence-corrected chi connectivity index (χ1v) is 5.42. The average molecular weight is 282 g/mol. The molecule has 0 bridgehead atoms. The molecule has 0 unspecified atom stereocenters. The number of halogens is 4. The highest BCUT2D eigenvalue weighted by Crippen LogP contribution is 2.28. The van der Waals surface area contributed by atoms with Gasteiger partial charge in [-0.25, -0.2) is 4.39 Å². The van der Waals surface area contributed by atoms with E-state index in [0.29, 0.717) is 0 Å². The molecule has 0 fully saturated rings. The number of benzene rings is 2. The fraction of sp³-hybridized carbons (Fsp3) is 0.0769. The van der Waals surface area contributed by atoms with Crippen LogP contribution in [0.4, 0.5) is 17.6 Å². The minimum Gasteiger partial charge on any atom is -0.457 e. The maximum Gasteiger partial charge on any atom is 0.573 e. The van der Waals surface area contributed by atoms with Gasteiger partial charge in [-0.1, -0.05) is 17.6 Å². The minimum atomic E-state index is -4.79. The molecule has 0 aliphatic rings. The first kappa shape index (κ1) is 14.2. The summed E-state index contributed by atoms with van der Waals surface area (Å²) >= 11 is 0. The molecule has 0 N–H and O–H groups in total. The fourth-order valence-electron chi connectivity index (χ4n) is 1.44. The molecule has 0 aromatic heterocycles. The molecule has 2 aromatic rings. The van der Waals surface area contributed by atoms with Gasteiger partial charge in [0.05, 0.1) is 0 Å². The Bertz CT molecular complexity index is 614. The van der Waals surface area contributed by atoms with Crippen LogP contribution in [0.5, 0.6) is 17.2 Å². The molecule has 2 rings (SSSR count). The van der Waals surface area contributed by atoms with Crippen molar-refractivity contribution < 1.29 is 27.0 Å². The van der Waals surface area contributed by atoms with Crippen molar-refractivity contribution in [3.05, 3.63) is 48.3 Å². The molecule has 0 heterocycles. The van der Waals surface area contributed by atoms with Crippen LogP contribution in [0, 0.1) is 5.82 Å². The van der Waals surface area contributed by atoms with Gasteiger partial charge in [-0.15, -0.1) is 13.2 Å². The van der Waals surface area contributed by atoms with E-state index in [1.807, 2.05) is 0 Å². The zero-order chi connectivity index (χ0) is 14.8. The van der Waals surface area contributed by atoms with Crippen molar-refractivity contribution >= 4 is 13.3 Å². The molecular weight excluding hydrogens is 275 g/mol. The van der Waals surface area contributed by atoms with Gasteiger partial charge in [0.15, 0.2) is 0 Å². The van der Waals surface area contributed by atoms with Gasteiger partial charge >= 0.3 is 6.36 Å². The first-order chi connectivity index (χ1) is 9.33. The Kier molecular flexibility index (Phi) is 3.87. The highest BCUT2D eigenvalue weighted by atomic mass is 19.4. The van der Waals surface area contributed by atoms with Crippen molar-refractivity contribution in [2.45, 2.75) is 6.36 Å². The van der Waals surface area contributed by atoms with Gasteiger partial charge in [0.1, 0.15) is 30.9 Å². The molecule has 20 heavy (non-hydrogen) atoms. The summed E-state index contributed by atoms with van der Waals surface area (Å²) in [5.74, 6) is -0.909. The van der Waals surface area contributed by atoms with Crippen LogP contribution in [0.1, 0.15) is 0 Å². The summed E-state index contributed by atoms with van der Waals surface area (Å²) in [4.78, 5) is 0. The standard InChI is InChI=1S/C13H7BF4O2/c14-11-5-4-9(7-12(11)15)19-8-2-1-3-10(6-8)20-13(16,17)18/h1-7H. The first-order valence-electron chi connectivity index (χ1n) is 5.42. The van der Waals surface area contributed by atoms with Gasteiger partial charge in [-0.3, -0.25) is 0 Å². The Labute approximate surface area is 113 Å². The van der Waals surface area contributed by atoms with Gasteiger partial charge in [-0.2, -0.15) is 0 Å². The van der Waals surface area contributed by atoms with Crippen LogP contribution in [0.25, 0.3) is 0 Å². The van der Waals surface area contributed by atoms with Gasteiger partial charge < -0.3 is 9.47 Å². The largest absolute Gasteiger partial charge is 0.573 e. The van der Waals surface area contributed by atoms with Gasteiger partial charge in [0.2, 0.25) is 0 Å². The molecular formula is C13H7BF4O2. The Hall–Kier alpha value is -2.18. The molecule has 0 saturated heterocycles. The molecule has 0 saturated carbocycles. The number of alkyl halides is 3. The number of hydrogen-bond donors (Lipinski definition) is 0. The van der Waals surface area contributed by atoms with Gasteiger partial charge in [0, 0.05) is 12.1 Å². The molecule has 0 atom stereocenters. The highest BCUT2D eigenvalue weighted by molar-refractivity contribution is 6.32. The van der Waals surface area contributed by atoms with E-state index in [2.05, 4.69) is 4.74 Å². The van der Waals surface area contributed by atoms with Gasteiger partial charge in [-0.05, 0) is 18.2 Å². The molecule has 102 valence electrons. The second kappa shape index (κ2) is 5.44. The third kappa shape index (κ3) is 3.91. The normalized spacial score (nSPS) is 11.2. The molecule has 7 heteroatoms. The monoisotopic (exact) mass is 282 g/mol. The van der Waals surface area contributed by atoms with Crippen LogP contribution in [0.15, 0.2) is 42.5 Å². The lowest BCUT2D eigenvalue weighted by atomic mass is 9.96. The summed E-state index contributed by atoms with van der Waals surface area (Å²) in [6, 6.07) is 8.64. The summed E-state index contributed by atoms with van der Waals surface area (Å²) in [6.07, 6.45) is -4.79. The summed E-state index contributed by atoms with van der Waals surface area (Å²) in [5, 5.41) is 0. The summed E-state index contributed by atoms with van der Waals surface area (Å²) in [5.41, 5.74) is -0.0495. The van der Waals surface area contributed by atoms with E-state index in [-0.39, 0.29) is 17.0 Å². The lowest BCUT2D eigenvalue weighted by Crippen LogP contribution is -2.17. The quantitative estimate of drug-likeness (QED) is 0.635. The van der Waals surface area contributed by atoms with Crippen molar-refractivity contribution in [2.75, 3.05) is 0 Å². The summed E-state index contributed by atoms with van der Waals surface area (Å²) in [6.45, 7) is 0. The van der Waals surface area contributed by atoms with Gasteiger partial charge in [0.25, 0.3) is 0 Å². The van der Waals surface area contributed by atoms with Crippen molar-refractivity contribution in [1.29, 1.82) is 0 Å². The minimum absolute atomic E-state index is 0.0495. The predicted octanol–water partition coefficient (Wildman–Crippen LogP) is 3.31. The second-order valence-electron chi connectivity index (χ2n) is 3.81. The molecule has 0 aliphatic heterocycles. The number of rotatable bonds is 3. The summed E-state index contributed by atoms with van der Waals surface area (Å²) in [7, 11) is 5.30. The van der Waals surface area contributed by atoms with Crippen LogP contribution in [0.3, 0.4) is 0 Å². The third-order valence-corrected chi connectivity index (χ3v) is 2.25. The predicted molar refractivity (Wildman–Crippen MR) is 65.0 cm³/mol. The average Bonchev–Trinajstić information content (AvgIpc) is 2.32. The zero-order valence-electron chi connectivity index (χ0n) is 9.95. The van der Waals surface area contributed by atoms with E-state index in [1.165, 1.54) is 24.3 Å². The number of ether oxygens (including phenoxy) is 2. The topological polar surface area (TPSA) is 18.5 Å². The van der Waals surface area contributed by atoms with Crippen molar-refractivity contribution in [3.63, 3.8) is 0 Å². The molecule has 0 spiro atoms. The van der Waals surface area contributed by atoms with E-state index in [9.17, 15) is 17.6 Å². The zero-order valence-corrected chi connectivity index (χ0v) is 9.95. The van der Waals surface area contributed by atoms with Crippen LogP contribution >= 0.6 is 0 Å². The lowest BCUT2D eigenvalue weighted by Gasteiger charge is -2.11. The SMILES string of the molecule is [B]c1ccc(Oc2cccc(OC(F)(F)F)c2)cc1F. The van der Waals surface area contributed by atoms with Crippen molar-refractivity contribution in [3.8, 4) is 17.2 Å². The number of hydrogen-bond acceptors (Lipinski definition) is 2. The summed E-state index contributed by atoms with van der Waals surface area (Å²) < 4.78 is 58.4. The highest BCUT2D eigenvalue weighted by Gasteiger charge is 2.31. The van der Waals surface area contributed by atoms with E-state index in [0.717, 1.165) is 18.2 Å². The maximum absolute atomic E-state index is 13.2. The van der Waals surface area contributed by atoms with E-state index >= 15 is 0 Å². The molecule has 0 aliphatic carbocycles. The van der Waals surface area contributed by atoms with E-state index < -0.39 is 17.9 Å². The van der Waals surface area contributed by atoms with E-state index in [1.54, 1.807) is 0 Å². The Morgan fingerprint density at radius 2 is 1.55 bits per heavy atom. The van der Waals surface area contributed by atoms with Crippen molar-refractivity contribution in [2.24, 2.45) is 0 Å². The lowest BCUT2D eigenvalue weighted by molar-refractivity contribution is -0.274. The third-order valence-electron chi connectivity index (χ3n) is 2.25.